The summed E-state index contributed by atoms with van der Waals surface area (Å²) in [6.45, 7) is 2.12. The van der Waals surface area contributed by atoms with E-state index in [0.29, 0.717) is 11.0 Å². The molecule has 1 atom stereocenters. The highest BCUT2D eigenvalue weighted by Gasteiger charge is 2.18. The number of nitrogens with zero attached hydrogens (tertiary/aromatic N) is 1. The van der Waals surface area contributed by atoms with Gasteiger partial charge in [-0.25, -0.2) is 0 Å². The molecule has 1 aliphatic rings. The van der Waals surface area contributed by atoms with Crippen LogP contribution in [0.3, 0.4) is 0 Å². The summed E-state index contributed by atoms with van der Waals surface area (Å²) in [7, 11) is 2.20. The van der Waals surface area contributed by atoms with Crippen LogP contribution in [0, 0.1) is 0 Å². The third-order valence-electron chi connectivity index (χ3n) is 3.70. The number of benzene rings is 1. The standard InChI is InChI=1S/C14H20BrN3S/c1-18-7-3-2-4-11(18)9-17-13-8-10(15)5-6-12(13)14(16)19/h5-6,8,11,17H,2-4,7,9H2,1H3,(H2,16,19). The van der Waals surface area contributed by atoms with Gasteiger partial charge in [0, 0.05) is 28.3 Å². The number of anilines is 1. The Bertz CT molecular complexity index is 464. The summed E-state index contributed by atoms with van der Waals surface area (Å²) in [5, 5.41) is 3.50. The summed E-state index contributed by atoms with van der Waals surface area (Å²) in [5.74, 6) is 0. The van der Waals surface area contributed by atoms with Crippen LogP contribution in [-0.2, 0) is 0 Å². The van der Waals surface area contributed by atoms with Crippen LogP contribution >= 0.6 is 28.1 Å². The topological polar surface area (TPSA) is 41.3 Å². The van der Waals surface area contributed by atoms with E-state index in [1.54, 1.807) is 0 Å². The molecule has 0 saturated carbocycles. The first-order valence-corrected chi connectivity index (χ1v) is 7.81. The molecule has 0 bridgehead atoms. The lowest BCUT2D eigenvalue weighted by molar-refractivity contribution is 0.194. The molecule has 1 heterocycles. The fourth-order valence-electron chi connectivity index (χ4n) is 2.51. The number of thiocarbonyl (C=S) groups is 1. The van der Waals surface area contributed by atoms with Gasteiger partial charge in [0.15, 0.2) is 0 Å². The average Bonchev–Trinajstić information content (AvgIpc) is 2.37. The van der Waals surface area contributed by atoms with E-state index >= 15 is 0 Å². The van der Waals surface area contributed by atoms with Gasteiger partial charge in [0.2, 0.25) is 0 Å². The summed E-state index contributed by atoms with van der Waals surface area (Å²) >= 11 is 8.59. The fourth-order valence-corrected chi connectivity index (χ4v) is 3.05. The maximum absolute atomic E-state index is 5.77. The minimum Gasteiger partial charge on any atom is -0.389 e. The molecule has 104 valence electrons. The number of nitrogens with two attached hydrogens (primary N) is 1. The van der Waals surface area contributed by atoms with E-state index < -0.39 is 0 Å². The van der Waals surface area contributed by atoms with Crippen molar-refractivity contribution >= 4 is 38.8 Å². The number of likely N-dealkylation sites (tertiary alicyclic amines) is 1. The van der Waals surface area contributed by atoms with Gasteiger partial charge in [-0.15, -0.1) is 0 Å². The van der Waals surface area contributed by atoms with Crippen LogP contribution in [0.4, 0.5) is 5.69 Å². The van der Waals surface area contributed by atoms with E-state index in [-0.39, 0.29) is 0 Å². The van der Waals surface area contributed by atoms with Crippen molar-refractivity contribution in [1.82, 2.24) is 4.90 Å². The van der Waals surface area contributed by atoms with E-state index in [0.717, 1.165) is 22.3 Å². The number of nitrogens with one attached hydrogen (secondary N) is 1. The van der Waals surface area contributed by atoms with Crippen molar-refractivity contribution < 1.29 is 0 Å². The van der Waals surface area contributed by atoms with E-state index in [2.05, 4.69) is 33.2 Å². The van der Waals surface area contributed by atoms with Crippen LogP contribution in [0.25, 0.3) is 0 Å². The Morgan fingerprint density at radius 3 is 3.00 bits per heavy atom. The highest BCUT2D eigenvalue weighted by molar-refractivity contribution is 9.10. The number of piperidine rings is 1. The summed E-state index contributed by atoms with van der Waals surface area (Å²) in [6.07, 6.45) is 3.87. The third kappa shape index (κ3) is 3.91. The zero-order chi connectivity index (χ0) is 13.8. The van der Waals surface area contributed by atoms with Crippen LogP contribution in [0.5, 0.6) is 0 Å². The molecular weight excluding hydrogens is 322 g/mol. The van der Waals surface area contributed by atoms with Gasteiger partial charge in [-0.3, -0.25) is 0 Å². The molecule has 0 radical (unpaired) electrons. The average molecular weight is 342 g/mol. The molecule has 5 heteroatoms. The minimum absolute atomic E-state index is 0.437. The molecule has 1 aliphatic heterocycles. The van der Waals surface area contributed by atoms with Gasteiger partial charge in [-0.2, -0.15) is 0 Å². The molecular formula is C14H20BrN3S. The van der Waals surface area contributed by atoms with Crippen LogP contribution in [-0.4, -0.2) is 36.1 Å². The zero-order valence-corrected chi connectivity index (χ0v) is 13.6. The van der Waals surface area contributed by atoms with Crippen LogP contribution < -0.4 is 11.1 Å². The number of hydrogen-bond acceptors (Lipinski definition) is 3. The Balaban J connectivity index is 2.05. The molecule has 0 amide bonds. The molecule has 2 rings (SSSR count). The van der Waals surface area contributed by atoms with Crippen molar-refractivity contribution in [3.05, 3.63) is 28.2 Å². The number of likely N-dealkylation sites (N-methyl/N-ethyl adjacent to an activating group) is 1. The Morgan fingerprint density at radius 1 is 1.53 bits per heavy atom. The Hall–Kier alpha value is -0.650. The van der Waals surface area contributed by atoms with Gasteiger partial charge in [-0.1, -0.05) is 34.6 Å². The minimum atomic E-state index is 0.437. The quantitative estimate of drug-likeness (QED) is 0.826. The summed E-state index contributed by atoms with van der Waals surface area (Å²) in [6, 6.07) is 6.55. The number of hydrogen-bond donors (Lipinski definition) is 2. The van der Waals surface area contributed by atoms with Gasteiger partial charge in [0.05, 0.1) is 0 Å². The van der Waals surface area contributed by atoms with Crippen LogP contribution in [0.15, 0.2) is 22.7 Å². The first-order valence-electron chi connectivity index (χ1n) is 6.61. The summed E-state index contributed by atoms with van der Waals surface area (Å²) in [5.41, 5.74) is 7.69. The highest BCUT2D eigenvalue weighted by atomic mass is 79.9. The van der Waals surface area contributed by atoms with Gasteiger partial charge < -0.3 is 16.0 Å². The molecule has 1 aromatic carbocycles. The number of rotatable bonds is 4. The molecule has 3 nitrogen and oxygen atoms in total. The van der Waals surface area contributed by atoms with Crippen molar-refractivity contribution in [2.75, 3.05) is 25.5 Å². The molecule has 1 saturated heterocycles. The van der Waals surface area contributed by atoms with E-state index in [1.807, 2.05) is 18.2 Å². The second-order valence-corrected chi connectivity index (χ2v) is 6.42. The van der Waals surface area contributed by atoms with Gasteiger partial charge in [0.1, 0.15) is 4.99 Å². The predicted octanol–water partition coefficient (Wildman–Crippen LogP) is 2.98. The molecule has 1 fully saturated rings. The van der Waals surface area contributed by atoms with Gasteiger partial charge >= 0.3 is 0 Å². The predicted molar refractivity (Wildman–Crippen MR) is 88.8 cm³/mol. The zero-order valence-electron chi connectivity index (χ0n) is 11.2. The maximum atomic E-state index is 5.77. The largest absolute Gasteiger partial charge is 0.389 e. The molecule has 3 N–H and O–H groups in total. The third-order valence-corrected chi connectivity index (χ3v) is 4.41. The van der Waals surface area contributed by atoms with E-state index in [1.165, 1.54) is 25.8 Å². The van der Waals surface area contributed by atoms with Crippen molar-refractivity contribution in [2.45, 2.75) is 25.3 Å². The van der Waals surface area contributed by atoms with Gasteiger partial charge in [-0.05, 0) is 44.6 Å². The maximum Gasteiger partial charge on any atom is 0.106 e. The molecule has 0 aromatic heterocycles. The van der Waals surface area contributed by atoms with Crippen molar-refractivity contribution in [3.8, 4) is 0 Å². The first-order chi connectivity index (χ1) is 9.08. The summed E-state index contributed by atoms with van der Waals surface area (Å²) in [4.78, 5) is 2.86. The van der Waals surface area contributed by atoms with Crippen molar-refractivity contribution in [2.24, 2.45) is 5.73 Å². The molecule has 0 aliphatic carbocycles. The number of halogens is 1. The first kappa shape index (κ1) is 14.8. The Morgan fingerprint density at radius 2 is 2.32 bits per heavy atom. The molecule has 1 aromatic rings. The van der Waals surface area contributed by atoms with Crippen molar-refractivity contribution in [1.29, 1.82) is 0 Å². The lowest BCUT2D eigenvalue weighted by atomic mass is 10.0. The fraction of sp³-hybridized carbons (Fsp3) is 0.500. The normalized spacial score (nSPS) is 20.2. The van der Waals surface area contributed by atoms with Crippen molar-refractivity contribution in [3.63, 3.8) is 0 Å². The molecule has 1 unspecified atom stereocenters. The molecule has 19 heavy (non-hydrogen) atoms. The van der Waals surface area contributed by atoms with Crippen LogP contribution in [0.2, 0.25) is 0 Å². The highest BCUT2D eigenvalue weighted by Crippen LogP contribution is 2.23. The van der Waals surface area contributed by atoms with E-state index in [9.17, 15) is 0 Å². The second-order valence-electron chi connectivity index (χ2n) is 5.07. The second kappa shape index (κ2) is 6.68. The van der Waals surface area contributed by atoms with Gasteiger partial charge in [0.25, 0.3) is 0 Å². The monoisotopic (exact) mass is 341 g/mol. The lowest BCUT2D eigenvalue weighted by Crippen LogP contribution is -2.40. The Labute approximate surface area is 128 Å². The van der Waals surface area contributed by atoms with Crippen LogP contribution in [0.1, 0.15) is 24.8 Å². The smallest absolute Gasteiger partial charge is 0.106 e. The van der Waals surface area contributed by atoms with E-state index in [4.69, 9.17) is 18.0 Å². The lowest BCUT2D eigenvalue weighted by Gasteiger charge is -2.33. The molecule has 0 spiro atoms. The Kier molecular flexibility index (Phi) is 5.19. The SMILES string of the molecule is CN1CCCCC1CNc1cc(Br)ccc1C(N)=S. The summed E-state index contributed by atoms with van der Waals surface area (Å²) < 4.78 is 1.03.